The van der Waals surface area contributed by atoms with Crippen molar-refractivity contribution in [2.75, 3.05) is 0 Å². The maximum Gasteiger partial charge on any atom is 0.219 e. The zero-order valence-corrected chi connectivity index (χ0v) is 16.4. The number of nitriles is 1. The molecule has 1 fully saturated rings. The second-order valence-corrected chi connectivity index (χ2v) is 7.41. The number of rotatable bonds is 5. The van der Waals surface area contributed by atoms with Crippen LogP contribution in [0.2, 0.25) is 0 Å². The zero-order chi connectivity index (χ0) is 20.2. The third kappa shape index (κ3) is 4.04. The molecule has 0 bridgehead atoms. The molecular weight excluding hydrogens is 362 g/mol. The molecule has 1 heterocycles. The predicted octanol–water partition coefficient (Wildman–Crippen LogP) is 4.10. The van der Waals surface area contributed by atoms with E-state index in [1.165, 1.54) is 0 Å². The summed E-state index contributed by atoms with van der Waals surface area (Å²) in [5, 5.41) is 20.5. The molecule has 2 unspecified atom stereocenters. The van der Waals surface area contributed by atoms with Gasteiger partial charge in [0.05, 0.1) is 11.6 Å². The van der Waals surface area contributed by atoms with Crippen molar-refractivity contribution in [2.24, 2.45) is 0 Å². The Morgan fingerprint density at radius 1 is 1.10 bits per heavy atom. The Morgan fingerprint density at radius 3 is 2.41 bits per heavy atom. The fourth-order valence-electron chi connectivity index (χ4n) is 3.94. The van der Waals surface area contributed by atoms with E-state index in [2.05, 4.69) is 50.4 Å². The molecule has 6 nitrogen and oxygen atoms in total. The Hall–Kier alpha value is -3.46. The van der Waals surface area contributed by atoms with Crippen molar-refractivity contribution in [3.63, 3.8) is 0 Å². The Labute approximate surface area is 170 Å². The lowest BCUT2D eigenvalue weighted by molar-refractivity contribution is -0.121. The van der Waals surface area contributed by atoms with Gasteiger partial charge in [0.2, 0.25) is 5.91 Å². The van der Waals surface area contributed by atoms with Crippen molar-refractivity contribution >= 4 is 5.91 Å². The first-order valence-electron chi connectivity index (χ1n) is 9.97. The highest BCUT2D eigenvalue weighted by Crippen LogP contribution is 2.33. The van der Waals surface area contributed by atoms with Crippen molar-refractivity contribution in [2.45, 2.75) is 44.7 Å². The Balaban J connectivity index is 1.51. The van der Waals surface area contributed by atoms with Gasteiger partial charge in [-0.05, 0) is 42.5 Å². The van der Waals surface area contributed by atoms with E-state index in [1.807, 2.05) is 31.2 Å². The molecule has 2 atom stereocenters. The van der Waals surface area contributed by atoms with Gasteiger partial charge in [-0.15, -0.1) is 10.2 Å². The van der Waals surface area contributed by atoms with Gasteiger partial charge in [0.1, 0.15) is 6.33 Å². The smallest absolute Gasteiger partial charge is 0.219 e. The summed E-state index contributed by atoms with van der Waals surface area (Å²) in [6.45, 7) is 1.88. The molecule has 0 saturated heterocycles. The van der Waals surface area contributed by atoms with Crippen molar-refractivity contribution in [3.05, 3.63) is 60.4 Å². The summed E-state index contributed by atoms with van der Waals surface area (Å²) < 4.78 is 2.13. The van der Waals surface area contributed by atoms with Crippen molar-refractivity contribution in [1.82, 2.24) is 20.1 Å². The number of hydrogen-bond donors (Lipinski definition) is 1. The molecule has 2 aromatic carbocycles. The number of nitrogens with one attached hydrogen (secondary N) is 1. The van der Waals surface area contributed by atoms with Crippen LogP contribution in [0.15, 0.2) is 54.9 Å². The minimum atomic E-state index is 0.109. The van der Waals surface area contributed by atoms with Crippen LogP contribution >= 0.6 is 0 Å². The largest absolute Gasteiger partial charge is 0.353 e. The van der Waals surface area contributed by atoms with Crippen molar-refractivity contribution in [1.29, 1.82) is 5.26 Å². The van der Waals surface area contributed by atoms with Gasteiger partial charge in [0.25, 0.3) is 0 Å². The average molecular weight is 385 g/mol. The molecule has 6 heteroatoms. The van der Waals surface area contributed by atoms with Crippen LogP contribution in [0.5, 0.6) is 0 Å². The lowest BCUT2D eigenvalue weighted by Gasteiger charge is -2.16. The van der Waals surface area contributed by atoms with Crippen molar-refractivity contribution < 1.29 is 4.79 Å². The monoisotopic (exact) mass is 385 g/mol. The number of carbonyl (C=O) groups is 1. The highest BCUT2D eigenvalue weighted by atomic mass is 16.1. The first kappa shape index (κ1) is 18.9. The first-order valence-corrected chi connectivity index (χ1v) is 9.97. The number of nitrogens with zero attached hydrogens (tertiary/aromatic N) is 4. The number of hydrogen-bond acceptors (Lipinski definition) is 4. The minimum Gasteiger partial charge on any atom is -0.353 e. The lowest BCUT2D eigenvalue weighted by atomic mass is 10.0. The quantitative estimate of drug-likeness (QED) is 0.716. The molecule has 0 spiro atoms. The predicted molar refractivity (Wildman–Crippen MR) is 111 cm³/mol. The molecule has 1 aromatic heterocycles. The fraction of sp³-hybridized carbons (Fsp3) is 0.304. The van der Waals surface area contributed by atoms with Gasteiger partial charge < -0.3 is 9.88 Å². The van der Waals surface area contributed by atoms with Gasteiger partial charge in [-0.2, -0.15) is 5.26 Å². The second kappa shape index (κ2) is 8.27. The molecule has 3 aromatic rings. The van der Waals surface area contributed by atoms with E-state index in [1.54, 1.807) is 6.33 Å². The van der Waals surface area contributed by atoms with Crippen LogP contribution in [0.1, 0.15) is 44.2 Å². The Kier molecular flexibility index (Phi) is 5.39. The van der Waals surface area contributed by atoms with Gasteiger partial charge in [0.15, 0.2) is 5.82 Å². The summed E-state index contributed by atoms with van der Waals surface area (Å²) in [5.41, 5.74) is 3.83. The number of carbonyl (C=O) groups excluding carboxylic acids is 1. The van der Waals surface area contributed by atoms with Gasteiger partial charge in [-0.25, -0.2) is 0 Å². The Morgan fingerprint density at radius 2 is 1.76 bits per heavy atom. The zero-order valence-electron chi connectivity index (χ0n) is 16.4. The maximum atomic E-state index is 11.7. The molecule has 1 aliphatic carbocycles. The van der Waals surface area contributed by atoms with Gasteiger partial charge in [0, 0.05) is 24.1 Å². The second-order valence-electron chi connectivity index (χ2n) is 7.41. The van der Waals surface area contributed by atoms with E-state index in [4.69, 9.17) is 5.26 Å². The van der Waals surface area contributed by atoms with Crippen LogP contribution in [0.3, 0.4) is 0 Å². The molecule has 1 aliphatic rings. The van der Waals surface area contributed by atoms with Crippen LogP contribution in [0, 0.1) is 11.3 Å². The fourth-order valence-corrected chi connectivity index (χ4v) is 3.94. The molecule has 0 aliphatic heterocycles. The number of amides is 1. The van der Waals surface area contributed by atoms with Crippen molar-refractivity contribution in [3.8, 4) is 28.6 Å². The van der Waals surface area contributed by atoms with E-state index in [9.17, 15) is 4.79 Å². The number of aromatic nitrogens is 3. The third-order valence-corrected chi connectivity index (χ3v) is 5.55. The molecule has 29 heavy (non-hydrogen) atoms. The first-order chi connectivity index (χ1) is 14.2. The van der Waals surface area contributed by atoms with Crippen LogP contribution in [0.4, 0.5) is 0 Å². The highest BCUT2D eigenvalue weighted by molar-refractivity contribution is 5.75. The maximum absolute atomic E-state index is 11.7. The molecule has 1 saturated carbocycles. The van der Waals surface area contributed by atoms with Gasteiger partial charge in [-0.3, -0.25) is 4.79 Å². The molecule has 1 N–H and O–H groups in total. The summed E-state index contributed by atoms with van der Waals surface area (Å²) in [4.78, 5) is 11.7. The third-order valence-electron chi connectivity index (χ3n) is 5.55. The van der Waals surface area contributed by atoms with Crippen LogP contribution < -0.4 is 5.32 Å². The molecule has 4 rings (SSSR count). The summed E-state index contributed by atoms with van der Waals surface area (Å²) in [7, 11) is 0. The molecule has 0 radical (unpaired) electrons. The van der Waals surface area contributed by atoms with Crippen LogP contribution in [0.25, 0.3) is 22.5 Å². The normalized spacial score (nSPS) is 18.3. The molecule has 146 valence electrons. The van der Waals surface area contributed by atoms with E-state index >= 15 is 0 Å². The van der Waals surface area contributed by atoms with E-state index in [0.717, 1.165) is 41.8 Å². The standard InChI is InChI=1S/C23H23N5O/c1-2-22(29)26-20-11-12-21(13-20)28-15-25-27-23(28)19-9-7-18(8-10-19)17-5-3-16(14-24)4-6-17/h3-10,15,20-21H,2,11-13H2,1H3,(H,26,29). The summed E-state index contributed by atoms with van der Waals surface area (Å²) in [6, 6.07) is 18.5. The van der Waals surface area contributed by atoms with Crippen LogP contribution in [-0.2, 0) is 4.79 Å². The SMILES string of the molecule is CCC(=O)NC1CCC(n2cnnc2-c2ccc(-c3ccc(C#N)cc3)cc2)C1. The Bertz CT molecular complexity index is 1030. The van der Waals surface area contributed by atoms with E-state index < -0.39 is 0 Å². The summed E-state index contributed by atoms with van der Waals surface area (Å²) >= 11 is 0. The lowest BCUT2D eigenvalue weighted by Crippen LogP contribution is -2.32. The number of benzene rings is 2. The van der Waals surface area contributed by atoms with Crippen LogP contribution in [-0.4, -0.2) is 26.7 Å². The molecular formula is C23H23N5O. The summed E-state index contributed by atoms with van der Waals surface area (Å²) in [6.07, 6.45) is 5.19. The molecule has 1 amide bonds. The topological polar surface area (TPSA) is 83.6 Å². The minimum absolute atomic E-state index is 0.109. The van der Waals surface area contributed by atoms with E-state index in [0.29, 0.717) is 18.0 Å². The average Bonchev–Trinajstić information content (AvgIpc) is 3.43. The highest BCUT2D eigenvalue weighted by Gasteiger charge is 2.28. The van der Waals surface area contributed by atoms with E-state index in [-0.39, 0.29) is 11.9 Å². The summed E-state index contributed by atoms with van der Waals surface area (Å²) in [5.74, 6) is 0.960. The van der Waals surface area contributed by atoms with Gasteiger partial charge in [-0.1, -0.05) is 43.3 Å². The van der Waals surface area contributed by atoms with Gasteiger partial charge >= 0.3 is 0 Å².